The van der Waals surface area contributed by atoms with Gasteiger partial charge >= 0.3 is 0 Å². The molecule has 2 heterocycles. The molecule has 1 aliphatic carbocycles. The summed E-state index contributed by atoms with van der Waals surface area (Å²) in [6.07, 6.45) is 11.9. The maximum atomic E-state index is 9.80. The van der Waals surface area contributed by atoms with E-state index in [2.05, 4.69) is 10.2 Å². The lowest BCUT2D eigenvalue weighted by Crippen LogP contribution is -2.49. The number of aliphatic hydroxyl groups excluding tert-OH is 1. The maximum Gasteiger partial charge on any atom is 0.0499 e. The van der Waals surface area contributed by atoms with E-state index in [0.29, 0.717) is 12.6 Å². The van der Waals surface area contributed by atoms with Gasteiger partial charge < -0.3 is 10.4 Å². The lowest BCUT2D eigenvalue weighted by molar-refractivity contribution is 0.0748. The Morgan fingerprint density at radius 3 is 2.63 bits per heavy atom. The summed E-state index contributed by atoms with van der Waals surface area (Å²) in [7, 11) is 0. The predicted octanol–water partition coefficient (Wildman–Crippen LogP) is 2.15. The highest BCUT2D eigenvalue weighted by atomic mass is 16.3. The first-order valence-electron chi connectivity index (χ1n) is 8.41. The van der Waals surface area contributed by atoms with Crippen LogP contribution in [0.4, 0.5) is 0 Å². The quantitative estimate of drug-likeness (QED) is 0.818. The van der Waals surface area contributed by atoms with Crippen molar-refractivity contribution in [2.24, 2.45) is 5.41 Å². The molecule has 0 radical (unpaired) electrons. The number of fused-ring (bicyclic) bond motifs is 1. The number of hydrogen-bond donors (Lipinski definition) is 2. The Kier molecular flexibility index (Phi) is 4.45. The largest absolute Gasteiger partial charge is 0.396 e. The minimum absolute atomic E-state index is 0.195. The SMILES string of the molecule is OCC1(CNC2CCN3CCCCC23)CCCCC1. The van der Waals surface area contributed by atoms with E-state index in [1.165, 1.54) is 70.9 Å². The Balaban J connectivity index is 1.53. The van der Waals surface area contributed by atoms with Gasteiger partial charge in [0.15, 0.2) is 0 Å². The van der Waals surface area contributed by atoms with Gasteiger partial charge in [-0.1, -0.05) is 25.7 Å². The standard InChI is InChI=1S/C16H30N2O/c19-13-16(8-3-1-4-9-16)12-17-14-7-11-18-10-5-2-6-15(14)18/h14-15,17,19H,1-13H2. The summed E-state index contributed by atoms with van der Waals surface area (Å²) in [5.74, 6) is 0. The first kappa shape index (κ1) is 13.8. The number of nitrogens with one attached hydrogen (secondary N) is 1. The van der Waals surface area contributed by atoms with Crippen molar-refractivity contribution in [1.29, 1.82) is 0 Å². The third kappa shape index (κ3) is 2.98. The lowest BCUT2D eigenvalue weighted by Gasteiger charge is -2.38. The second-order valence-corrected chi connectivity index (χ2v) is 7.09. The van der Waals surface area contributed by atoms with Crippen LogP contribution in [0.2, 0.25) is 0 Å². The van der Waals surface area contributed by atoms with Crippen molar-refractivity contribution in [3.63, 3.8) is 0 Å². The van der Waals surface area contributed by atoms with E-state index in [-0.39, 0.29) is 5.41 Å². The molecular weight excluding hydrogens is 236 g/mol. The zero-order chi connectivity index (χ0) is 13.1. The Labute approximate surface area is 117 Å². The smallest absolute Gasteiger partial charge is 0.0499 e. The molecule has 19 heavy (non-hydrogen) atoms. The van der Waals surface area contributed by atoms with Crippen molar-refractivity contribution in [3.8, 4) is 0 Å². The van der Waals surface area contributed by atoms with Crippen molar-refractivity contribution in [3.05, 3.63) is 0 Å². The van der Waals surface area contributed by atoms with Crippen LogP contribution < -0.4 is 5.32 Å². The van der Waals surface area contributed by atoms with E-state index in [9.17, 15) is 5.11 Å². The third-order valence-corrected chi connectivity index (χ3v) is 5.84. The van der Waals surface area contributed by atoms with Gasteiger partial charge in [0, 0.05) is 37.2 Å². The van der Waals surface area contributed by atoms with Crippen LogP contribution in [-0.4, -0.2) is 48.3 Å². The molecule has 0 aromatic carbocycles. The lowest BCUT2D eigenvalue weighted by atomic mass is 9.74. The fourth-order valence-corrected chi connectivity index (χ4v) is 4.53. The zero-order valence-electron chi connectivity index (χ0n) is 12.2. The Morgan fingerprint density at radius 2 is 1.84 bits per heavy atom. The highest BCUT2D eigenvalue weighted by molar-refractivity contribution is 4.95. The van der Waals surface area contributed by atoms with Gasteiger partial charge in [-0.25, -0.2) is 0 Å². The molecule has 0 bridgehead atoms. The van der Waals surface area contributed by atoms with Gasteiger partial charge in [0.05, 0.1) is 0 Å². The molecule has 0 aromatic heterocycles. The maximum absolute atomic E-state index is 9.80. The van der Waals surface area contributed by atoms with Crippen molar-refractivity contribution >= 4 is 0 Å². The molecule has 3 fully saturated rings. The van der Waals surface area contributed by atoms with Crippen molar-refractivity contribution < 1.29 is 5.11 Å². The monoisotopic (exact) mass is 266 g/mol. The molecule has 0 amide bonds. The summed E-state index contributed by atoms with van der Waals surface area (Å²) < 4.78 is 0. The van der Waals surface area contributed by atoms with E-state index in [1.807, 2.05) is 0 Å². The van der Waals surface area contributed by atoms with Crippen LogP contribution in [0.1, 0.15) is 57.8 Å². The van der Waals surface area contributed by atoms with E-state index in [1.54, 1.807) is 0 Å². The molecule has 110 valence electrons. The van der Waals surface area contributed by atoms with E-state index >= 15 is 0 Å². The van der Waals surface area contributed by atoms with Crippen molar-refractivity contribution in [1.82, 2.24) is 10.2 Å². The molecule has 2 unspecified atom stereocenters. The second kappa shape index (κ2) is 6.11. The Bertz CT molecular complexity index is 288. The summed E-state index contributed by atoms with van der Waals surface area (Å²) in [5, 5.41) is 13.6. The van der Waals surface area contributed by atoms with Crippen molar-refractivity contribution in [2.75, 3.05) is 26.2 Å². The molecule has 2 aliphatic heterocycles. The van der Waals surface area contributed by atoms with Gasteiger partial charge in [-0.2, -0.15) is 0 Å². The highest BCUT2D eigenvalue weighted by Crippen LogP contribution is 2.36. The summed E-state index contributed by atoms with van der Waals surface area (Å²) in [4.78, 5) is 2.69. The number of rotatable bonds is 4. The molecule has 0 aromatic rings. The molecule has 2 atom stereocenters. The van der Waals surface area contributed by atoms with Gasteiger partial charge in [0.2, 0.25) is 0 Å². The van der Waals surface area contributed by atoms with E-state index in [0.717, 1.165) is 12.6 Å². The van der Waals surface area contributed by atoms with Crippen LogP contribution in [0, 0.1) is 5.41 Å². The van der Waals surface area contributed by atoms with Gasteiger partial charge in [-0.3, -0.25) is 4.90 Å². The molecule has 3 nitrogen and oxygen atoms in total. The van der Waals surface area contributed by atoms with Crippen LogP contribution in [0.15, 0.2) is 0 Å². The first-order chi connectivity index (χ1) is 9.33. The average molecular weight is 266 g/mol. The van der Waals surface area contributed by atoms with Gasteiger partial charge in [0.1, 0.15) is 0 Å². The number of aliphatic hydroxyl groups is 1. The highest BCUT2D eigenvalue weighted by Gasteiger charge is 2.37. The van der Waals surface area contributed by atoms with E-state index in [4.69, 9.17) is 0 Å². The van der Waals surface area contributed by atoms with Crippen LogP contribution in [0.25, 0.3) is 0 Å². The van der Waals surface area contributed by atoms with Crippen LogP contribution in [0.3, 0.4) is 0 Å². The van der Waals surface area contributed by atoms with Crippen LogP contribution in [0.5, 0.6) is 0 Å². The Hall–Kier alpha value is -0.120. The fourth-order valence-electron chi connectivity index (χ4n) is 4.53. The number of nitrogens with zero attached hydrogens (tertiary/aromatic N) is 1. The molecule has 3 aliphatic rings. The van der Waals surface area contributed by atoms with Gasteiger partial charge in [0.25, 0.3) is 0 Å². The Morgan fingerprint density at radius 1 is 1.00 bits per heavy atom. The number of hydrogen-bond acceptors (Lipinski definition) is 3. The third-order valence-electron chi connectivity index (χ3n) is 5.84. The summed E-state index contributed by atoms with van der Waals surface area (Å²) in [6.45, 7) is 4.02. The molecule has 2 saturated heterocycles. The summed E-state index contributed by atoms with van der Waals surface area (Å²) in [5.41, 5.74) is 0.195. The average Bonchev–Trinajstić information content (AvgIpc) is 2.89. The molecular formula is C16H30N2O. The molecule has 3 rings (SSSR count). The normalized spacial score (nSPS) is 35.2. The van der Waals surface area contributed by atoms with Crippen LogP contribution >= 0.6 is 0 Å². The van der Waals surface area contributed by atoms with E-state index < -0.39 is 0 Å². The predicted molar refractivity (Wildman–Crippen MR) is 78.2 cm³/mol. The van der Waals surface area contributed by atoms with Gasteiger partial charge in [-0.05, 0) is 38.6 Å². The molecule has 3 heteroatoms. The molecule has 2 N–H and O–H groups in total. The van der Waals surface area contributed by atoms with Gasteiger partial charge in [-0.15, -0.1) is 0 Å². The summed E-state index contributed by atoms with van der Waals surface area (Å²) in [6, 6.07) is 1.47. The summed E-state index contributed by atoms with van der Waals surface area (Å²) >= 11 is 0. The number of piperidine rings is 1. The fraction of sp³-hybridized carbons (Fsp3) is 1.00. The second-order valence-electron chi connectivity index (χ2n) is 7.09. The van der Waals surface area contributed by atoms with Crippen molar-refractivity contribution in [2.45, 2.75) is 69.9 Å². The van der Waals surface area contributed by atoms with Crippen LogP contribution in [-0.2, 0) is 0 Å². The first-order valence-corrected chi connectivity index (χ1v) is 8.41. The minimum atomic E-state index is 0.195. The molecule has 1 saturated carbocycles. The minimum Gasteiger partial charge on any atom is -0.396 e. The zero-order valence-corrected chi connectivity index (χ0v) is 12.2. The topological polar surface area (TPSA) is 35.5 Å². The molecule has 0 spiro atoms.